The third-order valence-corrected chi connectivity index (χ3v) is 1.55. The molecule has 0 unspecified atom stereocenters. The zero-order valence-corrected chi connectivity index (χ0v) is 7.20. The molecule has 1 heterocycles. The van der Waals surface area contributed by atoms with Gasteiger partial charge in [0.15, 0.2) is 5.69 Å². The molecule has 0 bridgehead atoms. The van der Waals surface area contributed by atoms with Crippen molar-refractivity contribution in [2.75, 3.05) is 7.11 Å². The van der Waals surface area contributed by atoms with Crippen molar-refractivity contribution in [2.24, 2.45) is 0 Å². The molecule has 0 fully saturated rings. The number of aromatic nitrogens is 1. The van der Waals surface area contributed by atoms with Crippen molar-refractivity contribution in [3.63, 3.8) is 0 Å². The zero-order chi connectivity index (χ0) is 10.7. The molecule has 0 saturated heterocycles. The molecule has 0 aliphatic rings. The Bertz CT molecular complexity index is 354. The average molecular weight is 203 g/mol. The molecule has 76 valence electrons. The molecule has 0 radical (unpaired) electrons. The van der Waals surface area contributed by atoms with E-state index in [1.54, 1.807) is 0 Å². The standard InChI is InChI=1S/C8H7F2NO3/c1-14-5-3-2-4(7(9)10)6(11-5)8(12)13/h2-3,7H,1H3,(H,12,13). The zero-order valence-electron chi connectivity index (χ0n) is 7.20. The molecule has 14 heavy (non-hydrogen) atoms. The van der Waals surface area contributed by atoms with Gasteiger partial charge in [-0.2, -0.15) is 0 Å². The van der Waals surface area contributed by atoms with Gasteiger partial charge in [-0.15, -0.1) is 0 Å². The van der Waals surface area contributed by atoms with Gasteiger partial charge in [-0.05, 0) is 6.07 Å². The highest BCUT2D eigenvalue weighted by Crippen LogP contribution is 2.23. The Morgan fingerprint density at radius 1 is 1.57 bits per heavy atom. The lowest BCUT2D eigenvalue weighted by atomic mass is 10.2. The number of hydrogen-bond acceptors (Lipinski definition) is 3. The van der Waals surface area contributed by atoms with Gasteiger partial charge in [-0.25, -0.2) is 18.6 Å². The van der Waals surface area contributed by atoms with Crippen LogP contribution in [0.2, 0.25) is 0 Å². The Hall–Kier alpha value is -1.72. The number of carboxylic acids is 1. The number of ether oxygens (including phenoxy) is 1. The summed E-state index contributed by atoms with van der Waals surface area (Å²) in [5.41, 5.74) is -1.29. The summed E-state index contributed by atoms with van der Waals surface area (Å²) in [6, 6.07) is 2.17. The number of hydrogen-bond donors (Lipinski definition) is 1. The number of carboxylic acid groups (broad SMARTS) is 1. The quantitative estimate of drug-likeness (QED) is 0.812. The van der Waals surface area contributed by atoms with Crippen LogP contribution in [0.4, 0.5) is 8.78 Å². The van der Waals surface area contributed by atoms with E-state index in [0.29, 0.717) is 0 Å². The third-order valence-electron chi connectivity index (χ3n) is 1.55. The summed E-state index contributed by atoms with van der Waals surface area (Å²) in [5.74, 6) is -1.51. The fourth-order valence-corrected chi connectivity index (χ4v) is 0.913. The Morgan fingerprint density at radius 3 is 2.64 bits per heavy atom. The van der Waals surface area contributed by atoms with Crippen LogP contribution in [0.25, 0.3) is 0 Å². The fourth-order valence-electron chi connectivity index (χ4n) is 0.913. The normalized spacial score (nSPS) is 10.3. The van der Waals surface area contributed by atoms with Crippen molar-refractivity contribution < 1.29 is 23.4 Å². The second-order valence-corrected chi connectivity index (χ2v) is 2.40. The number of aromatic carboxylic acids is 1. The summed E-state index contributed by atoms with van der Waals surface area (Å²) >= 11 is 0. The Morgan fingerprint density at radius 2 is 2.21 bits per heavy atom. The highest BCUT2D eigenvalue weighted by molar-refractivity contribution is 5.87. The van der Waals surface area contributed by atoms with Crippen molar-refractivity contribution in [3.05, 3.63) is 23.4 Å². The smallest absolute Gasteiger partial charge is 0.355 e. The van der Waals surface area contributed by atoms with Crippen LogP contribution in [-0.4, -0.2) is 23.2 Å². The van der Waals surface area contributed by atoms with E-state index < -0.39 is 23.7 Å². The number of rotatable bonds is 3. The van der Waals surface area contributed by atoms with Gasteiger partial charge in [0, 0.05) is 6.07 Å². The van der Waals surface area contributed by atoms with Crippen LogP contribution >= 0.6 is 0 Å². The summed E-state index contributed by atoms with van der Waals surface area (Å²) in [5, 5.41) is 8.58. The van der Waals surface area contributed by atoms with E-state index in [0.717, 1.165) is 6.07 Å². The van der Waals surface area contributed by atoms with Gasteiger partial charge in [0.25, 0.3) is 6.43 Å². The lowest BCUT2D eigenvalue weighted by Gasteiger charge is -2.05. The van der Waals surface area contributed by atoms with Gasteiger partial charge < -0.3 is 9.84 Å². The monoisotopic (exact) mass is 203 g/mol. The molecular formula is C8H7F2NO3. The van der Waals surface area contributed by atoms with Gasteiger partial charge in [-0.3, -0.25) is 0 Å². The molecular weight excluding hydrogens is 196 g/mol. The van der Waals surface area contributed by atoms with Crippen LogP contribution in [0.3, 0.4) is 0 Å². The summed E-state index contributed by atoms with van der Waals surface area (Å²) in [6.07, 6.45) is -2.86. The minimum Gasteiger partial charge on any atom is -0.481 e. The van der Waals surface area contributed by atoms with Gasteiger partial charge in [-0.1, -0.05) is 0 Å². The first-order valence-corrected chi connectivity index (χ1v) is 3.62. The number of pyridine rings is 1. The minimum absolute atomic E-state index is 0.00759. The van der Waals surface area contributed by atoms with E-state index in [1.165, 1.54) is 13.2 Å². The molecule has 0 saturated carbocycles. The van der Waals surface area contributed by atoms with E-state index >= 15 is 0 Å². The van der Waals surface area contributed by atoms with E-state index in [1.807, 2.05) is 0 Å². The first-order chi connectivity index (χ1) is 6.56. The molecule has 0 spiro atoms. The topological polar surface area (TPSA) is 59.4 Å². The molecule has 1 N–H and O–H groups in total. The van der Waals surface area contributed by atoms with E-state index in [-0.39, 0.29) is 5.88 Å². The maximum Gasteiger partial charge on any atom is 0.355 e. The number of halogens is 2. The molecule has 4 nitrogen and oxygen atoms in total. The van der Waals surface area contributed by atoms with Gasteiger partial charge in [0.1, 0.15) is 0 Å². The van der Waals surface area contributed by atoms with Crippen LogP contribution in [0.15, 0.2) is 12.1 Å². The van der Waals surface area contributed by atoms with Crippen LogP contribution in [0.5, 0.6) is 5.88 Å². The lowest BCUT2D eigenvalue weighted by molar-refractivity contribution is 0.0676. The van der Waals surface area contributed by atoms with Crippen LogP contribution in [0.1, 0.15) is 22.5 Å². The molecule has 6 heteroatoms. The predicted octanol–water partition coefficient (Wildman–Crippen LogP) is 1.73. The highest BCUT2D eigenvalue weighted by atomic mass is 19.3. The molecule has 0 aliphatic heterocycles. The van der Waals surface area contributed by atoms with Crippen LogP contribution < -0.4 is 4.74 Å². The maximum absolute atomic E-state index is 12.3. The summed E-state index contributed by atoms with van der Waals surface area (Å²) in [4.78, 5) is 14.0. The molecule has 0 aromatic carbocycles. The largest absolute Gasteiger partial charge is 0.481 e. The van der Waals surface area contributed by atoms with Crippen molar-refractivity contribution in [2.45, 2.75) is 6.43 Å². The third kappa shape index (κ3) is 1.95. The molecule has 0 aliphatic carbocycles. The van der Waals surface area contributed by atoms with Crippen LogP contribution in [-0.2, 0) is 0 Å². The van der Waals surface area contributed by atoms with E-state index in [2.05, 4.69) is 9.72 Å². The molecule has 0 atom stereocenters. The van der Waals surface area contributed by atoms with Gasteiger partial charge in [0.05, 0.1) is 12.7 Å². The number of methoxy groups -OCH3 is 1. The Balaban J connectivity index is 3.24. The van der Waals surface area contributed by atoms with Crippen LogP contribution in [0, 0.1) is 0 Å². The van der Waals surface area contributed by atoms with E-state index in [4.69, 9.17) is 5.11 Å². The lowest BCUT2D eigenvalue weighted by Crippen LogP contribution is -2.07. The second kappa shape index (κ2) is 3.99. The molecule has 0 amide bonds. The molecule has 1 aromatic rings. The summed E-state index contributed by atoms with van der Waals surface area (Å²) < 4.78 is 29.2. The maximum atomic E-state index is 12.3. The summed E-state index contributed by atoms with van der Waals surface area (Å²) in [6.45, 7) is 0. The summed E-state index contributed by atoms with van der Waals surface area (Å²) in [7, 11) is 1.27. The first kappa shape index (κ1) is 10.4. The molecule has 1 aromatic heterocycles. The first-order valence-electron chi connectivity index (χ1n) is 3.62. The Kier molecular flexibility index (Phi) is 2.95. The number of alkyl halides is 2. The van der Waals surface area contributed by atoms with Crippen molar-refractivity contribution in [3.8, 4) is 5.88 Å². The predicted molar refractivity (Wildman–Crippen MR) is 42.7 cm³/mol. The average Bonchev–Trinajstić information content (AvgIpc) is 2.16. The number of carbonyl (C=O) groups is 1. The fraction of sp³-hybridized carbons (Fsp3) is 0.250. The van der Waals surface area contributed by atoms with Gasteiger partial charge in [0.2, 0.25) is 5.88 Å². The van der Waals surface area contributed by atoms with Gasteiger partial charge >= 0.3 is 5.97 Å². The molecule has 1 rings (SSSR count). The van der Waals surface area contributed by atoms with Crippen molar-refractivity contribution >= 4 is 5.97 Å². The Labute approximate surface area is 78.1 Å². The van der Waals surface area contributed by atoms with Crippen molar-refractivity contribution in [1.82, 2.24) is 4.98 Å². The number of nitrogens with zero attached hydrogens (tertiary/aromatic N) is 1. The van der Waals surface area contributed by atoms with Crippen molar-refractivity contribution in [1.29, 1.82) is 0 Å². The SMILES string of the molecule is COc1ccc(C(F)F)c(C(=O)O)n1. The highest BCUT2D eigenvalue weighted by Gasteiger charge is 2.20. The minimum atomic E-state index is -2.86. The second-order valence-electron chi connectivity index (χ2n) is 2.40. The van der Waals surface area contributed by atoms with E-state index in [9.17, 15) is 13.6 Å².